The third-order valence-electron chi connectivity index (χ3n) is 5.55. The Hall–Kier alpha value is -3.64. The predicted octanol–water partition coefficient (Wildman–Crippen LogP) is 4.52. The molecule has 34 heavy (non-hydrogen) atoms. The zero-order valence-electron chi connectivity index (χ0n) is 19.9. The second kappa shape index (κ2) is 13.8. The van der Waals surface area contributed by atoms with Crippen LogP contribution in [0.4, 0.5) is 0 Å². The Bertz CT molecular complexity index is 1030. The smallest absolute Gasteiger partial charge is 0.223 e. The van der Waals surface area contributed by atoms with Gasteiger partial charge in [0.25, 0.3) is 0 Å². The molecular weight excluding hydrogens is 424 g/mol. The van der Waals surface area contributed by atoms with Crippen LogP contribution in [0.15, 0.2) is 86.0 Å². The van der Waals surface area contributed by atoms with Crippen molar-refractivity contribution in [2.45, 2.75) is 19.3 Å². The number of aromatic nitrogens is 2. The molecular formula is C28H34N4O2. The summed E-state index contributed by atoms with van der Waals surface area (Å²) < 4.78 is 7.17. The number of amides is 1. The number of carbonyl (C=O) groups excluding carboxylic acids is 1. The first-order valence-electron chi connectivity index (χ1n) is 11.7. The van der Waals surface area contributed by atoms with Crippen LogP contribution in [-0.2, 0) is 11.2 Å². The zero-order valence-corrected chi connectivity index (χ0v) is 19.9. The number of ether oxygens (including phenoxy) is 1. The molecule has 0 unspecified atom stereocenters. The number of nitrogens with one attached hydrogen (secondary N) is 1. The maximum absolute atomic E-state index is 12.2. The normalized spacial score (nSPS) is 11.1. The molecule has 1 aromatic heterocycles. The molecule has 0 radical (unpaired) electrons. The average Bonchev–Trinajstić information content (AvgIpc) is 3.41. The van der Waals surface area contributed by atoms with Gasteiger partial charge in [-0.25, -0.2) is 4.98 Å². The molecule has 0 saturated carbocycles. The zero-order chi connectivity index (χ0) is 24.0. The monoisotopic (exact) mass is 458 g/mol. The van der Waals surface area contributed by atoms with Crippen molar-refractivity contribution in [2.75, 3.05) is 33.3 Å². The lowest BCUT2D eigenvalue weighted by atomic mass is 10.1. The van der Waals surface area contributed by atoms with E-state index in [1.165, 1.54) is 5.56 Å². The van der Waals surface area contributed by atoms with Gasteiger partial charge in [-0.3, -0.25) is 9.69 Å². The van der Waals surface area contributed by atoms with E-state index in [1.54, 1.807) is 19.6 Å². The Balaban J connectivity index is 1.33. The highest BCUT2D eigenvalue weighted by molar-refractivity contribution is 5.78. The molecule has 1 N–H and O–H groups in total. The molecule has 6 heteroatoms. The molecule has 1 amide bonds. The molecule has 2 aromatic carbocycles. The predicted molar refractivity (Wildman–Crippen MR) is 138 cm³/mol. The first-order chi connectivity index (χ1) is 16.7. The molecule has 0 saturated heterocycles. The van der Waals surface area contributed by atoms with Gasteiger partial charge in [0.15, 0.2) is 0 Å². The van der Waals surface area contributed by atoms with Crippen LogP contribution in [0, 0.1) is 0 Å². The third-order valence-corrected chi connectivity index (χ3v) is 5.55. The van der Waals surface area contributed by atoms with Crippen molar-refractivity contribution in [1.29, 1.82) is 0 Å². The summed E-state index contributed by atoms with van der Waals surface area (Å²) in [6.07, 6.45) is 13.5. The lowest BCUT2D eigenvalue weighted by Crippen LogP contribution is -2.31. The van der Waals surface area contributed by atoms with Crippen LogP contribution in [0.3, 0.4) is 0 Å². The summed E-state index contributed by atoms with van der Waals surface area (Å²) in [6.45, 7) is 7.25. The summed E-state index contributed by atoms with van der Waals surface area (Å²) in [5, 5.41) is 3.01. The quantitative estimate of drug-likeness (QED) is 0.285. The number of methoxy groups -OCH3 is 1. The molecule has 0 aliphatic carbocycles. The van der Waals surface area contributed by atoms with Gasteiger partial charge in [-0.1, -0.05) is 42.5 Å². The maximum atomic E-state index is 12.2. The van der Waals surface area contributed by atoms with E-state index in [2.05, 4.69) is 33.9 Å². The van der Waals surface area contributed by atoms with Gasteiger partial charge in [0.2, 0.25) is 5.91 Å². The Morgan fingerprint density at radius 2 is 1.94 bits per heavy atom. The number of imidazole rings is 1. The number of carbonyl (C=O) groups is 1. The van der Waals surface area contributed by atoms with Gasteiger partial charge in [-0.15, -0.1) is 6.58 Å². The minimum atomic E-state index is 0.0415. The van der Waals surface area contributed by atoms with Gasteiger partial charge in [-0.2, -0.15) is 0 Å². The van der Waals surface area contributed by atoms with E-state index in [1.807, 2.05) is 65.4 Å². The van der Waals surface area contributed by atoms with Crippen molar-refractivity contribution in [3.8, 4) is 11.4 Å². The highest BCUT2D eigenvalue weighted by atomic mass is 16.5. The molecule has 0 aliphatic rings. The SMILES string of the molecule is C=CCN(CCCNC(=O)CC=Cc1ccc(-n2ccnc2)cc1)CCc1ccc(OC)cc1. The number of hydrogen-bond acceptors (Lipinski definition) is 4. The van der Waals surface area contributed by atoms with Gasteiger partial charge in [0.1, 0.15) is 5.75 Å². The van der Waals surface area contributed by atoms with Gasteiger partial charge < -0.3 is 14.6 Å². The molecule has 0 aliphatic heterocycles. The van der Waals surface area contributed by atoms with E-state index in [0.29, 0.717) is 13.0 Å². The second-order valence-electron chi connectivity index (χ2n) is 8.06. The van der Waals surface area contributed by atoms with Crippen LogP contribution >= 0.6 is 0 Å². The largest absolute Gasteiger partial charge is 0.497 e. The van der Waals surface area contributed by atoms with E-state index in [0.717, 1.165) is 49.5 Å². The van der Waals surface area contributed by atoms with E-state index in [9.17, 15) is 4.79 Å². The van der Waals surface area contributed by atoms with Crippen molar-refractivity contribution in [3.05, 3.63) is 97.1 Å². The number of nitrogens with zero attached hydrogens (tertiary/aromatic N) is 3. The van der Waals surface area contributed by atoms with Crippen LogP contribution in [0.2, 0.25) is 0 Å². The van der Waals surface area contributed by atoms with Gasteiger partial charge in [0.05, 0.1) is 13.4 Å². The summed E-state index contributed by atoms with van der Waals surface area (Å²) in [7, 11) is 1.68. The lowest BCUT2D eigenvalue weighted by molar-refractivity contribution is -0.120. The minimum Gasteiger partial charge on any atom is -0.497 e. The van der Waals surface area contributed by atoms with Crippen LogP contribution in [0.1, 0.15) is 24.0 Å². The first kappa shape index (κ1) is 25.0. The topological polar surface area (TPSA) is 59.4 Å². The fourth-order valence-corrected chi connectivity index (χ4v) is 3.63. The van der Waals surface area contributed by atoms with Crippen LogP contribution in [0.5, 0.6) is 5.75 Å². The molecule has 0 atom stereocenters. The molecule has 0 fully saturated rings. The molecule has 3 rings (SSSR count). The summed E-state index contributed by atoms with van der Waals surface area (Å²) in [4.78, 5) is 18.6. The van der Waals surface area contributed by atoms with Gasteiger partial charge in [-0.05, 0) is 48.2 Å². The fraction of sp³-hybridized carbons (Fsp3) is 0.286. The van der Waals surface area contributed by atoms with Crippen molar-refractivity contribution >= 4 is 12.0 Å². The molecule has 1 heterocycles. The first-order valence-corrected chi connectivity index (χ1v) is 11.7. The summed E-state index contributed by atoms with van der Waals surface area (Å²) in [5.41, 5.74) is 3.40. The molecule has 0 spiro atoms. The fourth-order valence-electron chi connectivity index (χ4n) is 3.63. The average molecular weight is 459 g/mol. The van der Waals surface area contributed by atoms with E-state index in [-0.39, 0.29) is 5.91 Å². The van der Waals surface area contributed by atoms with Crippen LogP contribution in [-0.4, -0.2) is 53.6 Å². The van der Waals surface area contributed by atoms with Crippen molar-refractivity contribution in [2.24, 2.45) is 0 Å². The van der Waals surface area contributed by atoms with Crippen LogP contribution in [0.25, 0.3) is 11.8 Å². The number of hydrogen-bond donors (Lipinski definition) is 1. The van der Waals surface area contributed by atoms with Crippen LogP contribution < -0.4 is 10.1 Å². The minimum absolute atomic E-state index is 0.0415. The van der Waals surface area contributed by atoms with Crippen molar-refractivity contribution in [3.63, 3.8) is 0 Å². The summed E-state index contributed by atoms with van der Waals surface area (Å²) >= 11 is 0. The summed E-state index contributed by atoms with van der Waals surface area (Å²) in [5.74, 6) is 0.917. The maximum Gasteiger partial charge on any atom is 0.223 e. The van der Waals surface area contributed by atoms with Crippen molar-refractivity contribution in [1.82, 2.24) is 19.8 Å². The van der Waals surface area contributed by atoms with E-state index >= 15 is 0 Å². The van der Waals surface area contributed by atoms with Gasteiger partial charge >= 0.3 is 0 Å². The van der Waals surface area contributed by atoms with Crippen molar-refractivity contribution < 1.29 is 9.53 Å². The Labute approximate surface area is 202 Å². The molecule has 6 nitrogen and oxygen atoms in total. The highest BCUT2D eigenvalue weighted by Crippen LogP contribution is 2.12. The second-order valence-corrected chi connectivity index (χ2v) is 8.06. The molecule has 178 valence electrons. The standard InChI is InChI=1S/C28H34N4O2/c1-3-19-31(21-16-25-10-14-27(34-2)15-11-25)20-5-17-30-28(33)7-4-6-24-8-12-26(13-9-24)32-22-18-29-23-32/h3-4,6,8-15,18,22-23H,1,5,7,16-17,19-21H2,2H3,(H,30,33). The van der Waals surface area contributed by atoms with Gasteiger partial charge in [0, 0.05) is 50.7 Å². The molecule has 0 bridgehead atoms. The Morgan fingerprint density at radius 3 is 2.62 bits per heavy atom. The molecule has 3 aromatic rings. The Morgan fingerprint density at radius 1 is 1.15 bits per heavy atom. The number of rotatable bonds is 14. The third kappa shape index (κ3) is 8.37. The summed E-state index contributed by atoms with van der Waals surface area (Å²) in [6, 6.07) is 16.3. The highest BCUT2D eigenvalue weighted by Gasteiger charge is 2.05. The number of benzene rings is 2. The Kier molecular flexibility index (Phi) is 10.1. The lowest BCUT2D eigenvalue weighted by Gasteiger charge is -2.20. The van der Waals surface area contributed by atoms with E-state index in [4.69, 9.17) is 4.74 Å². The van der Waals surface area contributed by atoms with E-state index < -0.39 is 0 Å².